The van der Waals surface area contributed by atoms with E-state index < -0.39 is 34.0 Å². The molecule has 0 aromatic heterocycles. The summed E-state index contributed by atoms with van der Waals surface area (Å²) in [5, 5.41) is 8.62. The summed E-state index contributed by atoms with van der Waals surface area (Å²) in [5.41, 5.74) is 0. The van der Waals surface area contributed by atoms with Gasteiger partial charge in [-0.15, -0.1) is 0 Å². The van der Waals surface area contributed by atoms with E-state index in [1.165, 1.54) is 0 Å². The Labute approximate surface area is 122 Å². The van der Waals surface area contributed by atoms with Gasteiger partial charge >= 0.3 is 12.1 Å². The number of amides is 1. The predicted molar refractivity (Wildman–Crippen MR) is 73.5 cm³/mol. The molecule has 1 aliphatic carbocycles. The number of carboxylic acid groups (broad SMARTS) is 1. The summed E-state index contributed by atoms with van der Waals surface area (Å²) in [4.78, 5) is 22.2. The van der Waals surface area contributed by atoms with Crippen LogP contribution in [-0.4, -0.2) is 48.0 Å². The maximum absolute atomic E-state index is 11.5. The Morgan fingerprint density at radius 1 is 1.29 bits per heavy atom. The molecule has 0 spiro atoms. The lowest BCUT2D eigenvalue weighted by atomic mass is 10.0. The van der Waals surface area contributed by atoms with E-state index in [-0.39, 0.29) is 6.10 Å². The van der Waals surface area contributed by atoms with Gasteiger partial charge < -0.3 is 15.2 Å². The van der Waals surface area contributed by atoms with Gasteiger partial charge in [0.25, 0.3) is 10.1 Å². The van der Waals surface area contributed by atoms with Crippen molar-refractivity contribution in [3.63, 3.8) is 0 Å². The highest BCUT2D eigenvalue weighted by molar-refractivity contribution is 7.87. The van der Waals surface area contributed by atoms with Gasteiger partial charge in [0, 0.05) is 0 Å². The number of allylic oxidation sites excluding steroid dienone is 2. The van der Waals surface area contributed by atoms with Crippen molar-refractivity contribution in [3.8, 4) is 0 Å². The molecule has 1 rings (SSSR count). The highest BCUT2D eigenvalue weighted by Gasteiger charge is 2.31. The summed E-state index contributed by atoms with van der Waals surface area (Å²) in [6.45, 7) is -0.750. The molecule has 0 saturated heterocycles. The van der Waals surface area contributed by atoms with Gasteiger partial charge in [-0.25, -0.2) is 4.79 Å². The van der Waals surface area contributed by atoms with Crippen molar-refractivity contribution in [2.45, 2.75) is 43.5 Å². The van der Waals surface area contributed by atoms with Gasteiger partial charge in [-0.2, -0.15) is 8.42 Å². The Morgan fingerprint density at radius 2 is 1.95 bits per heavy atom. The van der Waals surface area contributed by atoms with Gasteiger partial charge in [-0.3, -0.25) is 9.35 Å². The molecule has 3 N–H and O–H groups in total. The molecule has 0 aromatic rings. The minimum absolute atomic E-state index is 0.288. The van der Waals surface area contributed by atoms with E-state index in [0.717, 1.165) is 19.3 Å². The Balaban J connectivity index is 2.45. The van der Waals surface area contributed by atoms with E-state index in [1.807, 2.05) is 6.08 Å². The molecule has 0 saturated carbocycles. The smallest absolute Gasteiger partial charge is 0.407 e. The third-order valence-electron chi connectivity index (χ3n) is 3.06. The van der Waals surface area contributed by atoms with Crippen LogP contribution in [0.4, 0.5) is 4.79 Å². The van der Waals surface area contributed by atoms with Crippen LogP contribution in [0.15, 0.2) is 12.2 Å². The van der Waals surface area contributed by atoms with Crippen molar-refractivity contribution in [2.24, 2.45) is 0 Å². The van der Waals surface area contributed by atoms with Crippen molar-refractivity contribution < 1.29 is 32.4 Å². The molecule has 21 heavy (non-hydrogen) atoms. The van der Waals surface area contributed by atoms with Crippen LogP contribution in [0.25, 0.3) is 0 Å². The molecule has 0 bridgehead atoms. The van der Waals surface area contributed by atoms with Crippen LogP contribution in [0.1, 0.15) is 32.1 Å². The lowest BCUT2D eigenvalue weighted by molar-refractivity contribution is -0.136. The normalized spacial score (nSPS) is 22.4. The number of carbonyl (C=O) groups is 2. The predicted octanol–water partition coefficient (Wildman–Crippen LogP) is 0.942. The van der Waals surface area contributed by atoms with E-state index in [1.54, 1.807) is 0 Å². The second-order valence-corrected chi connectivity index (χ2v) is 6.33. The Kier molecular flexibility index (Phi) is 6.63. The summed E-state index contributed by atoms with van der Waals surface area (Å²) in [6.07, 6.45) is 6.81. The molecular formula is C12H19NO7S. The molecule has 0 fully saturated rings. The molecule has 0 heterocycles. The topological polar surface area (TPSA) is 130 Å². The average molecular weight is 321 g/mol. The second-order valence-electron chi connectivity index (χ2n) is 4.73. The van der Waals surface area contributed by atoms with Gasteiger partial charge in [0.1, 0.15) is 6.10 Å². The van der Waals surface area contributed by atoms with Crippen molar-refractivity contribution in [1.82, 2.24) is 5.32 Å². The van der Waals surface area contributed by atoms with Crippen LogP contribution in [0.2, 0.25) is 0 Å². The number of ether oxygens (including phenoxy) is 1. The largest absolute Gasteiger partial charge is 0.480 e. The number of carboxylic acids is 1. The Hall–Kier alpha value is -1.61. The number of hydrogen-bond acceptors (Lipinski definition) is 5. The minimum atomic E-state index is -4.78. The highest BCUT2D eigenvalue weighted by Crippen LogP contribution is 2.15. The maximum atomic E-state index is 11.5. The lowest BCUT2D eigenvalue weighted by Crippen LogP contribution is -2.42. The molecule has 8 nitrogen and oxygen atoms in total. The molecule has 1 amide bonds. The first kappa shape index (κ1) is 17.4. The van der Waals surface area contributed by atoms with Gasteiger partial charge in [0.05, 0.1) is 6.54 Å². The van der Waals surface area contributed by atoms with E-state index in [2.05, 4.69) is 11.4 Å². The van der Waals surface area contributed by atoms with Crippen molar-refractivity contribution in [1.29, 1.82) is 0 Å². The Bertz CT molecular complexity index is 500. The third kappa shape index (κ3) is 6.58. The molecule has 0 aliphatic heterocycles. The number of nitrogens with one attached hydrogen (secondary N) is 1. The first-order chi connectivity index (χ1) is 9.80. The highest BCUT2D eigenvalue weighted by atomic mass is 32.2. The molecule has 2 atom stereocenters. The first-order valence-electron chi connectivity index (χ1n) is 6.59. The zero-order chi connectivity index (χ0) is 15.9. The van der Waals surface area contributed by atoms with E-state index >= 15 is 0 Å². The zero-order valence-electron chi connectivity index (χ0n) is 11.4. The fourth-order valence-corrected chi connectivity index (χ4v) is 2.48. The van der Waals surface area contributed by atoms with Crippen LogP contribution in [0, 0.1) is 0 Å². The van der Waals surface area contributed by atoms with Gasteiger partial charge in [-0.1, -0.05) is 12.2 Å². The van der Waals surface area contributed by atoms with Gasteiger partial charge in [-0.05, 0) is 32.1 Å². The molecule has 1 aliphatic rings. The monoisotopic (exact) mass is 321 g/mol. The van der Waals surface area contributed by atoms with Crippen LogP contribution in [0.5, 0.6) is 0 Å². The van der Waals surface area contributed by atoms with Crippen LogP contribution in [-0.2, 0) is 19.6 Å². The molecule has 120 valence electrons. The number of aliphatic carboxylic acids is 1. The molecule has 1 unspecified atom stereocenters. The summed E-state index contributed by atoms with van der Waals surface area (Å²) in [6, 6.07) is 0. The SMILES string of the molecule is O=C(NCC(C(=O)O)S(=O)(=O)O)O[C@H]1CC/C=C\CCC1. The summed E-state index contributed by atoms with van der Waals surface area (Å²) >= 11 is 0. The summed E-state index contributed by atoms with van der Waals surface area (Å²) in [7, 11) is -4.78. The summed E-state index contributed by atoms with van der Waals surface area (Å²) in [5.74, 6) is -1.74. The van der Waals surface area contributed by atoms with E-state index in [4.69, 9.17) is 14.4 Å². The quantitative estimate of drug-likeness (QED) is 0.507. The fraction of sp³-hybridized carbons (Fsp3) is 0.667. The second kappa shape index (κ2) is 7.99. The number of alkyl carbamates (subject to hydrolysis) is 1. The Morgan fingerprint density at radius 3 is 2.57 bits per heavy atom. The molecule has 0 aromatic carbocycles. The zero-order valence-corrected chi connectivity index (χ0v) is 12.2. The van der Waals surface area contributed by atoms with Crippen LogP contribution >= 0.6 is 0 Å². The maximum Gasteiger partial charge on any atom is 0.407 e. The number of carbonyl (C=O) groups excluding carboxylic acids is 1. The average Bonchev–Trinajstić information content (AvgIpc) is 2.30. The number of hydrogen-bond donors (Lipinski definition) is 3. The van der Waals surface area contributed by atoms with E-state index in [9.17, 15) is 18.0 Å². The minimum Gasteiger partial charge on any atom is -0.480 e. The molecule has 9 heteroatoms. The molecular weight excluding hydrogens is 302 g/mol. The van der Waals surface area contributed by atoms with Crippen molar-refractivity contribution >= 4 is 22.2 Å². The van der Waals surface area contributed by atoms with Gasteiger partial charge in [0.15, 0.2) is 0 Å². The first-order valence-corrected chi connectivity index (χ1v) is 8.09. The van der Waals surface area contributed by atoms with Crippen molar-refractivity contribution in [3.05, 3.63) is 12.2 Å². The summed E-state index contributed by atoms with van der Waals surface area (Å²) < 4.78 is 35.5. The third-order valence-corrected chi connectivity index (χ3v) is 4.15. The van der Waals surface area contributed by atoms with Crippen LogP contribution in [0.3, 0.4) is 0 Å². The van der Waals surface area contributed by atoms with Crippen molar-refractivity contribution in [2.75, 3.05) is 6.54 Å². The lowest BCUT2D eigenvalue weighted by Gasteiger charge is -2.19. The van der Waals surface area contributed by atoms with Gasteiger partial charge in [0.2, 0.25) is 5.25 Å². The fourth-order valence-electron chi connectivity index (χ4n) is 1.93. The molecule has 0 radical (unpaired) electrons. The number of rotatable bonds is 5. The standard InChI is InChI=1S/C12H19NO7S/c14-11(15)10(21(17,18)19)8-13-12(16)20-9-6-4-2-1-3-5-7-9/h1-2,9-10H,3-8H2,(H,13,16)(H,14,15)(H,17,18,19)/b2-1-/t9-,10?/m0/s1. The van der Waals surface area contributed by atoms with Crippen LogP contribution < -0.4 is 5.32 Å². The van der Waals surface area contributed by atoms with E-state index in [0.29, 0.717) is 12.8 Å².